The second-order valence-corrected chi connectivity index (χ2v) is 9.73. The van der Waals surface area contributed by atoms with Crippen LogP contribution in [-0.4, -0.2) is 22.1 Å². The molecule has 7 heteroatoms. The number of aryl methyl sites for hydroxylation is 1. The molecule has 0 fully saturated rings. The Morgan fingerprint density at radius 3 is 2.45 bits per heavy atom. The van der Waals surface area contributed by atoms with Crippen molar-refractivity contribution in [3.63, 3.8) is 0 Å². The minimum Gasteiger partial charge on any atom is -0.465 e. The van der Waals surface area contributed by atoms with Crippen LogP contribution < -0.4 is 11.2 Å². The van der Waals surface area contributed by atoms with Gasteiger partial charge in [-0.1, -0.05) is 46.2 Å². The van der Waals surface area contributed by atoms with Crippen molar-refractivity contribution >= 4 is 5.97 Å². The number of carbonyl (C=O) groups is 1. The van der Waals surface area contributed by atoms with Gasteiger partial charge in [0.05, 0.1) is 17.6 Å². The molecule has 0 spiro atoms. The molecule has 0 aliphatic carbocycles. The molecule has 1 aromatic carbocycles. The zero-order valence-corrected chi connectivity index (χ0v) is 20.4. The van der Waals surface area contributed by atoms with Crippen LogP contribution >= 0.6 is 0 Å². The van der Waals surface area contributed by atoms with E-state index in [0.29, 0.717) is 24.6 Å². The van der Waals surface area contributed by atoms with Crippen LogP contribution in [0.2, 0.25) is 0 Å². The number of benzene rings is 1. The van der Waals surface area contributed by atoms with Crippen molar-refractivity contribution < 1.29 is 13.9 Å². The van der Waals surface area contributed by atoms with E-state index in [1.165, 1.54) is 29.0 Å². The molecule has 0 amide bonds. The maximum Gasteiger partial charge on any atom is 0.328 e. The minimum atomic E-state index is -0.533. The van der Waals surface area contributed by atoms with E-state index in [2.05, 4.69) is 32.7 Å². The molecule has 6 nitrogen and oxygen atoms in total. The van der Waals surface area contributed by atoms with Gasteiger partial charge in [-0.25, -0.2) is 9.18 Å². The molecule has 0 radical (unpaired) electrons. The SMILES string of the molecule is CC(C)CC(C)(C(=O)OCCCCCCn1cc(-c2cccc(F)c2)c(=O)[nH]c1=O)C(C)C. The van der Waals surface area contributed by atoms with Gasteiger partial charge in [0.25, 0.3) is 5.56 Å². The molecule has 1 N–H and O–H groups in total. The largest absolute Gasteiger partial charge is 0.465 e. The first-order chi connectivity index (χ1) is 15.5. The Bertz CT molecular complexity index is 1040. The maximum absolute atomic E-state index is 13.5. The van der Waals surface area contributed by atoms with Gasteiger partial charge >= 0.3 is 11.7 Å². The summed E-state index contributed by atoms with van der Waals surface area (Å²) in [5, 5.41) is 0. The third kappa shape index (κ3) is 7.41. The number of hydrogen-bond donors (Lipinski definition) is 1. The van der Waals surface area contributed by atoms with E-state index in [4.69, 9.17) is 4.74 Å². The normalized spacial score (nSPS) is 13.3. The lowest BCUT2D eigenvalue weighted by Crippen LogP contribution is -2.36. The van der Waals surface area contributed by atoms with Gasteiger partial charge in [0, 0.05) is 12.7 Å². The molecule has 1 heterocycles. The number of ether oxygens (including phenoxy) is 1. The number of hydrogen-bond acceptors (Lipinski definition) is 4. The highest BCUT2D eigenvalue weighted by molar-refractivity contribution is 5.76. The summed E-state index contributed by atoms with van der Waals surface area (Å²) >= 11 is 0. The van der Waals surface area contributed by atoms with E-state index < -0.39 is 22.5 Å². The smallest absolute Gasteiger partial charge is 0.328 e. The number of aromatic amines is 1. The summed E-state index contributed by atoms with van der Waals surface area (Å²) in [5.41, 5.74) is -0.797. The Kier molecular flexibility index (Phi) is 9.62. The summed E-state index contributed by atoms with van der Waals surface area (Å²) in [4.78, 5) is 39.2. The van der Waals surface area contributed by atoms with Crippen LogP contribution in [0.5, 0.6) is 0 Å². The Morgan fingerprint density at radius 1 is 1.12 bits per heavy atom. The Labute approximate surface area is 195 Å². The second kappa shape index (κ2) is 12.0. The van der Waals surface area contributed by atoms with E-state index in [-0.39, 0.29) is 17.5 Å². The number of unbranched alkanes of at least 4 members (excludes halogenated alkanes) is 3. The lowest BCUT2D eigenvalue weighted by molar-refractivity contribution is -0.159. The van der Waals surface area contributed by atoms with Crippen molar-refractivity contribution in [1.29, 1.82) is 0 Å². The Balaban J connectivity index is 1.83. The number of H-pyrrole nitrogens is 1. The minimum absolute atomic E-state index is 0.129. The van der Waals surface area contributed by atoms with Crippen LogP contribution in [0, 0.1) is 23.1 Å². The summed E-state index contributed by atoms with van der Waals surface area (Å²) in [6.07, 6.45) is 5.50. The summed E-state index contributed by atoms with van der Waals surface area (Å²) < 4.78 is 20.5. The third-order valence-corrected chi connectivity index (χ3v) is 6.25. The van der Waals surface area contributed by atoms with Crippen LogP contribution in [0.4, 0.5) is 4.39 Å². The van der Waals surface area contributed by atoms with Gasteiger partial charge in [-0.2, -0.15) is 0 Å². The van der Waals surface area contributed by atoms with Crippen molar-refractivity contribution in [2.75, 3.05) is 6.61 Å². The van der Waals surface area contributed by atoms with Crippen LogP contribution in [-0.2, 0) is 16.1 Å². The topological polar surface area (TPSA) is 81.2 Å². The fourth-order valence-electron chi connectivity index (χ4n) is 4.01. The number of nitrogens with one attached hydrogen (secondary N) is 1. The van der Waals surface area contributed by atoms with Gasteiger partial charge in [0.2, 0.25) is 0 Å². The maximum atomic E-state index is 13.5. The highest BCUT2D eigenvalue weighted by Crippen LogP contribution is 2.35. The number of halogens is 1. The lowest BCUT2D eigenvalue weighted by atomic mass is 9.73. The molecule has 0 aliphatic heterocycles. The predicted octanol–water partition coefficient (Wildman–Crippen LogP) is 5.15. The lowest BCUT2D eigenvalue weighted by Gasteiger charge is -2.32. The van der Waals surface area contributed by atoms with E-state index in [1.54, 1.807) is 6.07 Å². The fraction of sp³-hybridized carbons (Fsp3) is 0.577. The molecular weight excluding hydrogens is 423 g/mol. The molecule has 0 saturated heterocycles. The average Bonchev–Trinajstić information content (AvgIpc) is 2.73. The van der Waals surface area contributed by atoms with Gasteiger partial charge in [-0.15, -0.1) is 0 Å². The first kappa shape index (κ1) is 26.6. The monoisotopic (exact) mass is 460 g/mol. The standard InChI is InChI=1S/C26H37FN2O4/c1-18(2)16-26(5,19(3)4)24(31)33-14-9-7-6-8-13-29-17-22(23(30)28-25(29)32)20-11-10-12-21(27)15-20/h10-12,15,17-19H,6-9,13-14,16H2,1-5H3,(H,28,30,32). The first-order valence-electron chi connectivity index (χ1n) is 11.8. The van der Waals surface area contributed by atoms with Crippen molar-refractivity contribution in [3.8, 4) is 11.1 Å². The van der Waals surface area contributed by atoms with E-state index >= 15 is 0 Å². The molecule has 0 aliphatic rings. The van der Waals surface area contributed by atoms with E-state index in [9.17, 15) is 18.8 Å². The molecular formula is C26H37FN2O4. The molecule has 1 aromatic heterocycles. The number of aromatic nitrogens is 2. The molecule has 0 saturated carbocycles. The number of nitrogens with zero attached hydrogens (tertiary/aromatic N) is 1. The van der Waals surface area contributed by atoms with Gasteiger partial charge in [-0.3, -0.25) is 19.1 Å². The molecule has 1 atom stereocenters. The Hall–Kier alpha value is -2.70. The second-order valence-electron chi connectivity index (χ2n) is 9.73. The van der Waals surface area contributed by atoms with Crippen LogP contribution in [0.25, 0.3) is 11.1 Å². The highest BCUT2D eigenvalue weighted by Gasteiger charge is 2.38. The summed E-state index contributed by atoms with van der Waals surface area (Å²) in [5.74, 6) is 0.0575. The fourth-order valence-corrected chi connectivity index (χ4v) is 4.01. The van der Waals surface area contributed by atoms with E-state index in [1.807, 2.05) is 6.92 Å². The predicted molar refractivity (Wildman–Crippen MR) is 129 cm³/mol. The van der Waals surface area contributed by atoms with Crippen LogP contribution in [0.1, 0.15) is 66.7 Å². The third-order valence-electron chi connectivity index (χ3n) is 6.25. The summed E-state index contributed by atoms with van der Waals surface area (Å²) in [6, 6.07) is 5.74. The van der Waals surface area contributed by atoms with Gasteiger partial charge in [-0.05, 0) is 62.1 Å². The van der Waals surface area contributed by atoms with Crippen molar-refractivity contribution in [1.82, 2.24) is 9.55 Å². The molecule has 182 valence electrons. The van der Waals surface area contributed by atoms with Crippen LogP contribution in [0.15, 0.2) is 40.1 Å². The molecule has 1 unspecified atom stereocenters. The summed E-state index contributed by atoms with van der Waals surface area (Å²) in [7, 11) is 0. The van der Waals surface area contributed by atoms with Gasteiger partial charge in [0.15, 0.2) is 0 Å². The molecule has 2 rings (SSSR count). The highest BCUT2D eigenvalue weighted by atomic mass is 19.1. The van der Waals surface area contributed by atoms with Crippen LogP contribution in [0.3, 0.4) is 0 Å². The Morgan fingerprint density at radius 2 is 1.82 bits per heavy atom. The average molecular weight is 461 g/mol. The zero-order valence-electron chi connectivity index (χ0n) is 20.4. The molecule has 2 aromatic rings. The first-order valence-corrected chi connectivity index (χ1v) is 11.8. The zero-order chi connectivity index (χ0) is 24.6. The van der Waals surface area contributed by atoms with Gasteiger partial charge in [0.1, 0.15) is 5.82 Å². The van der Waals surface area contributed by atoms with Crippen molar-refractivity contribution in [3.05, 3.63) is 57.1 Å². The summed E-state index contributed by atoms with van der Waals surface area (Å²) in [6.45, 7) is 11.2. The van der Waals surface area contributed by atoms with Crippen molar-refractivity contribution in [2.45, 2.75) is 73.3 Å². The molecule has 33 heavy (non-hydrogen) atoms. The number of esters is 1. The van der Waals surface area contributed by atoms with Gasteiger partial charge < -0.3 is 4.74 Å². The molecule has 0 bridgehead atoms. The number of carbonyl (C=O) groups excluding carboxylic acids is 1. The van der Waals surface area contributed by atoms with E-state index in [0.717, 1.165) is 32.1 Å². The van der Waals surface area contributed by atoms with Crippen molar-refractivity contribution in [2.24, 2.45) is 17.3 Å². The number of rotatable bonds is 12. The quantitative estimate of drug-likeness (QED) is 0.351.